The second kappa shape index (κ2) is 6.42. The average molecular weight is 310 g/mol. The maximum Gasteiger partial charge on any atom is 0.114 e. The van der Waals surface area contributed by atoms with Crippen LogP contribution in [0, 0.1) is 6.92 Å². The van der Waals surface area contributed by atoms with Crippen LogP contribution in [0.25, 0.3) is 11.3 Å². The van der Waals surface area contributed by atoms with Gasteiger partial charge in [0.05, 0.1) is 30.6 Å². The lowest BCUT2D eigenvalue weighted by Gasteiger charge is -2.19. The quantitative estimate of drug-likeness (QED) is 0.930. The number of aryl methyl sites for hydroxylation is 1. The summed E-state index contributed by atoms with van der Waals surface area (Å²) >= 11 is 0. The molecule has 4 heteroatoms. The Morgan fingerprint density at radius 3 is 2.61 bits per heavy atom. The van der Waals surface area contributed by atoms with Gasteiger partial charge in [0, 0.05) is 0 Å². The van der Waals surface area contributed by atoms with E-state index in [4.69, 9.17) is 4.74 Å². The minimum Gasteiger partial charge on any atom is -0.497 e. The van der Waals surface area contributed by atoms with Gasteiger partial charge in [0.15, 0.2) is 0 Å². The minimum absolute atomic E-state index is 0.123. The van der Waals surface area contributed by atoms with Crippen molar-refractivity contribution < 1.29 is 9.84 Å². The number of allylic oxidation sites excluding steroid dienone is 3. The van der Waals surface area contributed by atoms with Crippen LogP contribution in [0.2, 0.25) is 0 Å². The molecule has 0 radical (unpaired) electrons. The number of nitrogens with zero attached hydrogens (tertiary/aromatic N) is 2. The zero-order valence-corrected chi connectivity index (χ0v) is 13.7. The van der Waals surface area contributed by atoms with E-state index in [-0.39, 0.29) is 6.04 Å². The Hall–Kier alpha value is -2.33. The van der Waals surface area contributed by atoms with Crippen LogP contribution in [0.15, 0.2) is 54.3 Å². The Labute approximate surface area is 136 Å². The number of aromatic nitrogens is 2. The number of aliphatic hydroxyl groups excluding tert-OH is 1. The zero-order valence-electron chi connectivity index (χ0n) is 13.7. The Morgan fingerprint density at radius 1 is 1.30 bits per heavy atom. The van der Waals surface area contributed by atoms with E-state index in [9.17, 15) is 5.11 Å². The van der Waals surface area contributed by atoms with Crippen molar-refractivity contribution >= 4 is 0 Å². The van der Waals surface area contributed by atoms with Crippen LogP contribution in [0.3, 0.4) is 0 Å². The molecule has 0 saturated carbocycles. The minimum atomic E-state index is -0.585. The molecule has 0 saturated heterocycles. The van der Waals surface area contributed by atoms with Crippen LogP contribution >= 0.6 is 0 Å². The van der Waals surface area contributed by atoms with E-state index in [2.05, 4.69) is 48.4 Å². The highest BCUT2D eigenvalue weighted by Crippen LogP contribution is 2.30. The Kier molecular flexibility index (Phi) is 4.35. The number of hydrogen-bond acceptors (Lipinski definition) is 3. The smallest absolute Gasteiger partial charge is 0.114 e. The van der Waals surface area contributed by atoms with Gasteiger partial charge in [-0.3, -0.25) is 4.68 Å². The Morgan fingerprint density at radius 2 is 2.04 bits per heavy atom. The standard InChI is InChI=1S/C19H22N2O2/c1-13-4-6-15(7-5-13)19-12-18(14(2)22)20-21(19)16-8-10-17(23-3)11-9-16/h4-8,10-12,14,16,22H,9H2,1-3H3. The van der Waals surface area contributed by atoms with E-state index >= 15 is 0 Å². The van der Waals surface area contributed by atoms with Gasteiger partial charge in [-0.1, -0.05) is 35.9 Å². The summed E-state index contributed by atoms with van der Waals surface area (Å²) in [6.45, 7) is 3.81. The van der Waals surface area contributed by atoms with Gasteiger partial charge in [-0.2, -0.15) is 5.10 Å². The first-order valence-corrected chi connectivity index (χ1v) is 7.85. The molecule has 1 aromatic carbocycles. The van der Waals surface area contributed by atoms with E-state index in [0.717, 1.165) is 23.4 Å². The van der Waals surface area contributed by atoms with E-state index in [1.165, 1.54) is 5.56 Å². The summed E-state index contributed by atoms with van der Waals surface area (Å²) in [5.41, 5.74) is 4.03. The van der Waals surface area contributed by atoms with Gasteiger partial charge < -0.3 is 9.84 Å². The second-order valence-electron chi connectivity index (χ2n) is 5.91. The summed E-state index contributed by atoms with van der Waals surface area (Å²) in [5, 5.41) is 14.5. The number of ether oxygens (including phenoxy) is 1. The molecule has 0 spiro atoms. The van der Waals surface area contributed by atoms with Crippen molar-refractivity contribution in [3.8, 4) is 11.3 Å². The van der Waals surface area contributed by atoms with Gasteiger partial charge >= 0.3 is 0 Å². The van der Waals surface area contributed by atoms with Crippen LogP contribution in [0.4, 0.5) is 0 Å². The maximum atomic E-state index is 9.91. The van der Waals surface area contributed by atoms with Crippen molar-refractivity contribution in [3.05, 3.63) is 65.6 Å². The summed E-state index contributed by atoms with van der Waals surface area (Å²) in [5.74, 6) is 0.876. The fourth-order valence-electron chi connectivity index (χ4n) is 2.73. The molecule has 2 unspecified atom stereocenters. The Balaban J connectivity index is 2.00. The zero-order chi connectivity index (χ0) is 16.4. The third-order valence-corrected chi connectivity index (χ3v) is 4.12. The van der Waals surface area contributed by atoms with Gasteiger partial charge in [-0.15, -0.1) is 0 Å². The molecule has 2 atom stereocenters. The second-order valence-corrected chi connectivity index (χ2v) is 5.91. The van der Waals surface area contributed by atoms with Crippen molar-refractivity contribution in [2.24, 2.45) is 0 Å². The molecule has 1 N–H and O–H groups in total. The largest absolute Gasteiger partial charge is 0.497 e. The molecular formula is C19H22N2O2. The van der Waals surface area contributed by atoms with Crippen molar-refractivity contribution in [1.29, 1.82) is 0 Å². The van der Waals surface area contributed by atoms with Crippen molar-refractivity contribution in [2.45, 2.75) is 32.4 Å². The normalized spacial score (nSPS) is 18.6. The highest BCUT2D eigenvalue weighted by atomic mass is 16.5. The predicted molar refractivity (Wildman–Crippen MR) is 90.9 cm³/mol. The molecule has 2 aromatic rings. The monoisotopic (exact) mass is 310 g/mol. The van der Waals surface area contributed by atoms with Crippen LogP contribution in [0.5, 0.6) is 0 Å². The van der Waals surface area contributed by atoms with Crippen LogP contribution < -0.4 is 0 Å². The number of hydrogen-bond donors (Lipinski definition) is 1. The highest BCUT2D eigenvalue weighted by Gasteiger charge is 2.19. The molecule has 4 nitrogen and oxygen atoms in total. The predicted octanol–water partition coefficient (Wildman–Crippen LogP) is 3.94. The van der Waals surface area contributed by atoms with Crippen molar-refractivity contribution in [1.82, 2.24) is 9.78 Å². The van der Waals surface area contributed by atoms with Crippen LogP contribution in [-0.4, -0.2) is 22.0 Å². The summed E-state index contributed by atoms with van der Waals surface area (Å²) in [6, 6.07) is 10.5. The number of rotatable bonds is 4. The average Bonchev–Trinajstić information content (AvgIpc) is 3.01. The molecule has 0 amide bonds. The lowest BCUT2D eigenvalue weighted by molar-refractivity contribution is 0.193. The Bertz CT molecular complexity index is 739. The third kappa shape index (κ3) is 3.22. The molecular weight excluding hydrogens is 288 g/mol. The maximum absolute atomic E-state index is 9.91. The summed E-state index contributed by atoms with van der Waals surface area (Å²) < 4.78 is 7.24. The van der Waals surface area contributed by atoms with Gasteiger partial charge in [-0.05, 0) is 44.1 Å². The van der Waals surface area contributed by atoms with Gasteiger partial charge in [0.1, 0.15) is 5.76 Å². The van der Waals surface area contributed by atoms with Crippen molar-refractivity contribution in [3.63, 3.8) is 0 Å². The molecule has 3 rings (SSSR count). The molecule has 0 aliphatic heterocycles. The fraction of sp³-hybridized carbons (Fsp3) is 0.316. The first-order chi connectivity index (χ1) is 11.1. The molecule has 1 aliphatic rings. The molecule has 1 heterocycles. The van der Waals surface area contributed by atoms with Gasteiger partial charge in [0.25, 0.3) is 0 Å². The molecule has 0 fully saturated rings. The molecule has 1 aromatic heterocycles. The van der Waals surface area contributed by atoms with Crippen molar-refractivity contribution in [2.75, 3.05) is 7.11 Å². The fourth-order valence-corrected chi connectivity index (χ4v) is 2.73. The van der Waals surface area contributed by atoms with Gasteiger partial charge in [0.2, 0.25) is 0 Å². The third-order valence-electron chi connectivity index (χ3n) is 4.12. The number of benzene rings is 1. The summed E-state index contributed by atoms with van der Waals surface area (Å²) in [7, 11) is 1.67. The lowest BCUT2D eigenvalue weighted by Crippen LogP contribution is -2.12. The topological polar surface area (TPSA) is 47.3 Å². The van der Waals surface area contributed by atoms with E-state index < -0.39 is 6.10 Å². The van der Waals surface area contributed by atoms with E-state index in [1.54, 1.807) is 14.0 Å². The summed E-state index contributed by atoms with van der Waals surface area (Å²) in [4.78, 5) is 0. The molecule has 23 heavy (non-hydrogen) atoms. The molecule has 0 bridgehead atoms. The first kappa shape index (κ1) is 15.6. The highest BCUT2D eigenvalue weighted by molar-refractivity contribution is 5.61. The van der Waals surface area contributed by atoms with E-state index in [0.29, 0.717) is 5.69 Å². The van der Waals surface area contributed by atoms with Gasteiger partial charge in [-0.25, -0.2) is 0 Å². The van der Waals surface area contributed by atoms with E-state index in [1.807, 2.05) is 16.8 Å². The van der Waals surface area contributed by atoms with Crippen LogP contribution in [-0.2, 0) is 4.74 Å². The number of aliphatic hydroxyl groups is 1. The molecule has 120 valence electrons. The number of methoxy groups -OCH3 is 1. The molecule has 1 aliphatic carbocycles. The SMILES string of the molecule is COC1=CCC(n2nc(C(C)O)cc2-c2ccc(C)cc2)C=C1. The summed E-state index contributed by atoms with van der Waals surface area (Å²) in [6.07, 6.45) is 6.36. The first-order valence-electron chi connectivity index (χ1n) is 7.85. The lowest BCUT2D eigenvalue weighted by atomic mass is 10.1. The van der Waals surface area contributed by atoms with Crippen LogP contribution in [0.1, 0.15) is 36.7 Å².